The quantitative estimate of drug-likeness (QED) is 0.938. The zero-order chi connectivity index (χ0) is 15.7. The molecule has 7 heteroatoms. The number of anilines is 1. The number of likely N-dealkylation sites (tertiary alicyclic amines) is 1. The van der Waals surface area contributed by atoms with Gasteiger partial charge in [-0.25, -0.2) is 4.98 Å². The van der Waals surface area contributed by atoms with Crippen LogP contribution in [-0.4, -0.2) is 41.9 Å². The highest BCUT2D eigenvalue weighted by Crippen LogP contribution is 2.32. The van der Waals surface area contributed by atoms with E-state index in [0.717, 1.165) is 16.6 Å². The smallest absolute Gasteiger partial charge is 0.228 e. The molecule has 2 heterocycles. The minimum Gasteiger partial charge on any atom is -0.494 e. The molecule has 1 atom stereocenters. The Morgan fingerprint density at radius 1 is 1.55 bits per heavy atom. The summed E-state index contributed by atoms with van der Waals surface area (Å²) in [6.45, 7) is 0. The molecule has 1 aromatic heterocycles. The molecule has 3 rings (SSSR count). The minimum atomic E-state index is -0.121. The van der Waals surface area contributed by atoms with Crippen molar-refractivity contribution in [1.82, 2.24) is 9.88 Å². The predicted octanol–water partition coefficient (Wildman–Crippen LogP) is 2.25. The van der Waals surface area contributed by atoms with Crippen LogP contribution in [0.15, 0.2) is 18.2 Å². The maximum absolute atomic E-state index is 12.1. The first-order chi connectivity index (χ1) is 10.6. The zero-order valence-corrected chi connectivity index (χ0v) is 13.3. The fourth-order valence-corrected chi connectivity index (χ4v) is 3.53. The molecule has 6 nitrogen and oxygen atoms in total. The third kappa shape index (κ3) is 2.76. The highest BCUT2D eigenvalue weighted by atomic mass is 32.1. The van der Waals surface area contributed by atoms with Gasteiger partial charge in [0.2, 0.25) is 11.8 Å². The Balaban J connectivity index is 1.70. The topological polar surface area (TPSA) is 71.5 Å². The molecule has 1 aromatic carbocycles. The predicted molar refractivity (Wildman–Crippen MR) is 85.2 cm³/mol. The molecule has 2 amide bonds. The lowest BCUT2D eigenvalue weighted by atomic mass is 10.1. The maximum atomic E-state index is 12.1. The number of carbonyl (C=O) groups is 2. The van der Waals surface area contributed by atoms with Crippen molar-refractivity contribution in [2.45, 2.75) is 25.3 Å². The molecular weight excluding hydrogens is 302 g/mol. The van der Waals surface area contributed by atoms with E-state index < -0.39 is 0 Å². The lowest BCUT2D eigenvalue weighted by molar-refractivity contribution is -0.128. The van der Waals surface area contributed by atoms with E-state index in [4.69, 9.17) is 4.74 Å². The largest absolute Gasteiger partial charge is 0.494 e. The van der Waals surface area contributed by atoms with Gasteiger partial charge in [0, 0.05) is 25.9 Å². The van der Waals surface area contributed by atoms with Gasteiger partial charge in [0.1, 0.15) is 11.3 Å². The highest BCUT2D eigenvalue weighted by Gasteiger charge is 2.29. The number of fused-ring (bicyclic) bond motifs is 1. The standard InChI is InChI=1S/C15H17N3O3S/c1-18-9(6-7-13(18)20)8-12(19)16-15-17-14-10(21-2)4-3-5-11(14)22-15/h3-5,9H,6-8H2,1-2H3,(H,16,17,19). The normalized spacial score (nSPS) is 18.0. The molecule has 1 saturated heterocycles. The van der Waals surface area contributed by atoms with Crippen LogP contribution in [-0.2, 0) is 9.59 Å². The molecule has 1 unspecified atom stereocenters. The number of benzene rings is 1. The van der Waals surface area contributed by atoms with Gasteiger partial charge in [-0.05, 0) is 18.6 Å². The van der Waals surface area contributed by atoms with Crippen LogP contribution in [0.1, 0.15) is 19.3 Å². The molecule has 0 saturated carbocycles. The summed E-state index contributed by atoms with van der Waals surface area (Å²) in [5.74, 6) is 0.669. The third-order valence-corrected chi connectivity index (χ3v) is 4.84. The van der Waals surface area contributed by atoms with Crippen LogP contribution in [0.4, 0.5) is 5.13 Å². The van der Waals surface area contributed by atoms with E-state index in [1.807, 2.05) is 18.2 Å². The lowest BCUT2D eigenvalue weighted by Gasteiger charge is -2.18. The number of aromatic nitrogens is 1. The van der Waals surface area contributed by atoms with Gasteiger partial charge >= 0.3 is 0 Å². The number of hydrogen-bond donors (Lipinski definition) is 1. The highest BCUT2D eigenvalue weighted by molar-refractivity contribution is 7.22. The monoisotopic (exact) mass is 319 g/mol. The Morgan fingerprint density at radius 3 is 3.05 bits per heavy atom. The van der Waals surface area contributed by atoms with E-state index in [1.165, 1.54) is 11.3 Å². The summed E-state index contributed by atoms with van der Waals surface area (Å²) in [6.07, 6.45) is 1.55. The van der Waals surface area contributed by atoms with Crippen LogP contribution in [0.25, 0.3) is 10.2 Å². The van der Waals surface area contributed by atoms with E-state index in [9.17, 15) is 9.59 Å². The van der Waals surface area contributed by atoms with Gasteiger partial charge in [0.05, 0.1) is 11.8 Å². The van der Waals surface area contributed by atoms with Crippen molar-refractivity contribution in [3.63, 3.8) is 0 Å². The number of hydrogen-bond acceptors (Lipinski definition) is 5. The molecule has 116 valence electrons. The third-order valence-electron chi connectivity index (χ3n) is 3.90. The number of ether oxygens (including phenoxy) is 1. The van der Waals surface area contributed by atoms with Crippen molar-refractivity contribution in [1.29, 1.82) is 0 Å². The second kappa shape index (κ2) is 5.92. The Labute approximate surface area is 132 Å². The van der Waals surface area contributed by atoms with E-state index in [0.29, 0.717) is 23.7 Å². The summed E-state index contributed by atoms with van der Waals surface area (Å²) in [6, 6.07) is 5.65. The Bertz CT molecular complexity index is 728. The summed E-state index contributed by atoms with van der Waals surface area (Å²) in [4.78, 5) is 29.7. The Hall–Kier alpha value is -2.15. The molecule has 1 N–H and O–H groups in total. The fraction of sp³-hybridized carbons (Fsp3) is 0.400. The molecular formula is C15H17N3O3S. The molecule has 1 fully saturated rings. The fourth-order valence-electron chi connectivity index (χ4n) is 2.63. The van der Waals surface area contributed by atoms with Crippen LogP contribution in [0.2, 0.25) is 0 Å². The molecule has 1 aliphatic rings. The lowest BCUT2D eigenvalue weighted by Crippen LogP contribution is -2.32. The van der Waals surface area contributed by atoms with Gasteiger partial charge in [0.25, 0.3) is 0 Å². The molecule has 0 radical (unpaired) electrons. The van der Waals surface area contributed by atoms with Crippen LogP contribution in [0.3, 0.4) is 0 Å². The first-order valence-corrected chi connectivity index (χ1v) is 7.89. The average Bonchev–Trinajstić information content (AvgIpc) is 3.04. The second-order valence-corrected chi connectivity index (χ2v) is 6.31. The number of nitrogens with zero attached hydrogens (tertiary/aromatic N) is 2. The summed E-state index contributed by atoms with van der Waals surface area (Å²) in [5, 5.41) is 3.37. The number of amides is 2. The van der Waals surface area contributed by atoms with Gasteiger partial charge in [-0.3, -0.25) is 9.59 Å². The van der Waals surface area contributed by atoms with Crippen LogP contribution in [0, 0.1) is 0 Å². The Kier molecular flexibility index (Phi) is 3.98. The molecule has 22 heavy (non-hydrogen) atoms. The summed E-state index contributed by atoms with van der Waals surface area (Å²) in [7, 11) is 3.34. The van der Waals surface area contributed by atoms with Gasteiger partial charge in [0.15, 0.2) is 5.13 Å². The van der Waals surface area contributed by atoms with Gasteiger partial charge in [-0.15, -0.1) is 0 Å². The summed E-state index contributed by atoms with van der Waals surface area (Å²) < 4.78 is 6.23. The van der Waals surface area contributed by atoms with Crippen molar-refractivity contribution >= 4 is 38.5 Å². The number of thiazole rings is 1. The SMILES string of the molecule is COc1cccc2sc(NC(=O)CC3CCC(=O)N3C)nc12. The first-order valence-electron chi connectivity index (χ1n) is 7.07. The van der Waals surface area contributed by atoms with E-state index >= 15 is 0 Å². The number of carbonyl (C=O) groups excluding carboxylic acids is 2. The van der Waals surface area contributed by atoms with Crippen molar-refractivity contribution in [3.8, 4) is 5.75 Å². The molecule has 2 aromatic rings. The number of para-hydroxylation sites is 1. The second-order valence-electron chi connectivity index (χ2n) is 5.28. The van der Waals surface area contributed by atoms with Crippen LogP contribution in [0.5, 0.6) is 5.75 Å². The average molecular weight is 319 g/mol. The number of nitrogens with one attached hydrogen (secondary N) is 1. The zero-order valence-electron chi connectivity index (χ0n) is 12.5. The van der Waals surface area contributed by atoms with Crippen molar-refractivity contribution in [3.05, 3.63) is 18.2 Å². The molecule has 1 aliphatic heterocycles. The van der Waals surface area contributed by atoms with Crippen LogP contribution >= 0.6 is 11.3 Å². The molecule has 0 spiro atoms. The summed E-state index contributed by atoms with van der Waals surface area (Å²) in [5.41, 5.74) is 0.749. The van der Waals surface area contributed by atoms with Crippen molar-refractivity contribution in [2.75, 3.05) is 19.5 Å². The van der Waals surface area contributed by atoms with E-state index in [-0.39, 0.29) is 17.9 Å². The number of methoxy groups -OCH3 is 1. The van der Waals surface area contributed by atoms with Gasteiger partial charge < -0.3 is 15.0 Å². The molecule has 0 aliphatic carbocycles. The minimum absolute atomic E-state index is 0.0172. The first kappa shape index (κ1) is 14.8. The van der Waals surface area contributed by atoms with E-state index in [1.54, 1.807) is 19.1 Å². The molecule has 0 bridgehead atoms. The van der Waals surface area contributed by atoms with Crippen molar-refractivity contribution in [2.24, 2.45) is 0 Å². The number of rotatable bonds is 4. The van der Waals surface area contributed by atoms with Gasteiger partial charge in [-0.2, -0.15) is 0 Å². The maximum Gasteiger partial charge on any atom is 0.228 e. The van der Waals surface area contributed by atoms with Crippen molar-refractivity contribution < 1.29 is 14.3 Å². The van der Waals surface area contributed by atoms with Gasteiger partial charge in [-0.1, -0.05) is 17.4 Å². The van der Waals surface area contributed by atoms with Crippen LogP contribution < -0.4 is 10.1 Å². The summed E-state index contributed by atoms with van der Waals surface area (Å²) >= 11 is 1.41. The Morgan fingerprint density at radius 2 is 2.36 bits per heavy atom. The van der Waals surface area contributed by atoms with E-state index in [2.05, 4.69) is 10.3 Å².